The maximum atomic E-state index is 12.3. The Morgan fingerprint density at radius 2 is 1.79 bits per heavy atom. The zero-order valence-electron chi connectivity index (χ0n) is 13.1. The third-order valence-corrected chi connectivity index (χ3v) is 4.07. The van der Waals surface area contributed by atoms with Crippen LogP contribution in [0.15, 0.2) is 48.5 Å². The molecule has 24 heavy (non-hydrogen) atoms. The van der Waals surface area contributed by atoms with Crippen LogP contribution in [0, 0.1) is 10.1 Å². The first-order valence-electron chi connectivity index (χ1n) is 7.95. The quantitative estimate of drug-likeness (QED) is 0.663. The number of ether oxygens (including phenoxy) is 1. The Balaban J connectivity index is 1.68. The molecule has 1 amide bonds. The lowest BCUT2D eigenvalue weighted by Crippen LogP contribution is -2.32. The molecular formula is C18H18N2O4. The molecule has 0 radical (unpaired) electrons. The molecule has 1 aliphatic carbocycles. The first-order valence-corrected chi connectivity index (χ1v) is 7.95. The molecule has 0 spiro atoms. The smallest absolute Gasteiger partial charge is 0.269 e. The van der Waals surface area contributed by atoms with E-state index >= 15 is 0 Å². The molecule has 3 rings (SSSR count). The third kappa shape index (κ3) is 3.90. The van der Waals surface area contributed by atoms with Gasteiger partial charge in [0.25, 0.3) is 11.6 Å². The van der Waals surface area contributed by atoms with Gasteiger partial charge in [-0.25, -0.2) is 0 Å². The van der Waals surface area contributed by atoms with Crippen molar-refractivity contribution in [2.45, 2.75) is 31.7 Å². The molecule has 124 valence electrons. The van der Waals surface area contributed by atoms with Crippen molar-refractivity contribution in [1.82, 2.24) is 5.32 Å². The van der Waals surface area contributed by atoms with Crippen molar-refractivity contribution < 1.29 is 14.5 Å². The molecule has 1 N–H and O–H groups in total. The number of nitro benzene ring substituents is 1. The number of rotatable bonds is 5. The van der Waals surface area contributed by atoms with E-state index in [1.807, 2.05) is 0 Å². The summed E-state index contributed by atoms with van der Waals surface area (Å²) >= 11 is 0. The lowest BCUT2D eigenvalue weighted by molar-refractivity contribution is -0.384. The second kappa shape index (κ2) is 7.12. The molecule has 1 saturated carbocycles. The van der Waals surface area contributed by atoms with Crippen LogP contribution in [0.2, 0.25) is 0 Å². The first-order chi connectivity index (χ1) is 11.6. The lowest BCUT2D eigenvalue weighted by atomic mass is 10.1. The van der Waals surface area contributed by atoms with Gasteiger partial charge in [0.05, 0.1) is 4.92 Å². The molecular weight excluding hydrogens is 308 g/mol. The van der Waals surface area contributed by atoms with Gasteiger partial charge in [0.15, 0.2) is 0 Å². The Hall–Kier alpha value is -2.89. The van der Waals surface area contributed by atoms with Gasteiger partial charge >= 0.3 is 0 Å². The maximum Gasteiger partial charge on any atom is 0.269 e. The van der Waals surface area contributed by atoms with Gasteiger partial charge < -0.3 is 10.1 Å². The Morgan fingerprint density at radius 1 is 1.08 bits per heavy atom. The number of benzene rings is 2. The van der Waals surface area contributed by atoms with Crippen molar-refractivity contribution in [2.24, 2.45) is 0 Å². The highest BCUT2D eigenvalue weighted by atomic mass is 16.6. The average Bonchev–Trinajstić information content (AvgIpc) is 3.08. The van der Waals surface area contributed by atoms with Crippen LogP contribution in [-0.2, 0) is 0 Å². The van der Waals surface area contributed by atoms with Crippen molar-refractivity contribution in [2.75, 3.05) is 0 Å². The number of hydrogen-bond donors (Lipinski definition) is 1. The summed E-state index contributed by atoms with van der Waals surface area (Å²) in [7, 11) is 0. The summed E-state index contributed by atoms with van der Waals surface area (Å²) in [6, 6.07) is 13.0. The van der Waals surface area contributed by atoms with Crippen molar-refractivity contribution in [3.8, 4) is 11.5 Å². The van der Waals surface area contributed by atoms with Crippen LogP contribution in [0.25, 0.3) is 0 Å². The highest BCUT2D eigenvalue weighted by molar-refractivity contribution is 5.94. The van der Waals surface area contributed by atoms with Crippen LogP contribution in [0.4, 0.5) is 5.69 Å². The number of amides is 1. The molecule has 1 fully saturated rings. The number of carbonyl (C=O) groups is 1. The van der Waals surface area contributed by atoms with Gasteiger partial charge in [0.2, 0.25) is 0 Å². The number of nitro groups is 1. The summed E-state index contributed by atoms with van der Waals surface area (Å²) in [5, 5.41) is 13.7. The Morgan fingerprint density at radius 3 is 2.46 bits per heavy atom. The second-order valence-electron chi connectivity index (χ2n) is 5.84. The van der Waals surface area contributed by atoms with E-state index in [4.69, 9.17) is 4.74 Å². The Kier molecular flexibility index (Phi) is 4.74. The van der Waals surface area contributed by atoms with Gasteiger partial charge in [-0.15, -0.1) is 0 Å². The number of carbonyl (C=O) groups excluding carboxylic acids is 1. The minimum atomic E-state index is -0.461. The second-order valence-corrected chi connectivity index (χ2v) is 5.84. The average molecular weight is 326 g/mol. The molecule has 2 aromatic rings. The molecule has 1 aliphatic rings. The van der Waals surface area contributed by atoms with Crippen LogP contribution in [-0.4, -0.2) is 16.9 Å². The minimum absolute atomic E-state index is 0.00652. The van der Waals surface area contributed by atoms with Crippen molar-refractivity contribution >= 4 is 11.6 Å². The van der Waals surface area contributed by atoms with E-state index in [2.05, 4.69) is 5.32 Å². The van der Waals surface area contributed by atoms with E-state index in [1.165, 1.54) is 24.3 Å². The molecule has 0 heterocycles. The van der Waals surface area contributed by atoms with Crippen molar-refractivity contribution in [3.63, 3.8) is 0 Å². The summed E-state index contributed by atoms with van der Waals surface area (Å²) in [5.74, 6) is 0.896. The summed E-state index contributed by atoms with van der Waals surface area (Å²) in [6.07, 6.45) is 4.39. The van der Waals surface area contributed by atoms with Gasteiger partial charge in [0.1, 0.15) is 11.5 Å². The molecule has 6 heteroatoms. The van der Waals surface area contributed by atoms with Crippen molar-refractivity contribution in [3.05, 3.63) is 64.2 Å². The van der Waals surface area contributed by atoms with E-state index in [0.29, 0.717) is 17.1 Å². The number of nitrogens with zero attached hydrogens (tertiary/aromatic N) is 1. The maximum absolute atomic E-state index is 12.3. The normalized spacial score (nSPS) is 14.3. The zero-order valence-corrected chi connectivity index (χ0v) is 13.1. The van der Waals surface area contributed by atoms with Gasteiger partial charge in [0, 0.05) is 23.7 Å². The Bertz CT molecular complexity index is 737. The number of non-ortho nitro benzene ring substituents is 1. The van der Waals surface area contributed by atoms with E-state index in [1.54, 1.807) is 24.3 Å². The summed E-state index contributed by atoms with van der Waals surface area (Å²) in [5.41, 5.74) is 0.549. The van der Waals surface area contributed by atoms with Gasteiger partial charge in [-0.2, -0.15) is 0 Å². The highest BCUT2D eigenvalue weighted by Crippen LogP contribution is 2.25. The van der Waals surface area contributed by atoms with E-state index < -0.39 is 4.92 Å². The minimum Gasteiger partial charge on any atom is -0.457 e. The fourth-order valence-electron chi connectivity index (χ4n) is 2.81. The monoisotopic (exact) mass is 326 g/mol. The van der Waals surface area contributed by atoms with Crippen molar-refractivity contribution in [1.29, 1.82) is 0 Å². The van der Waals surface area contributed by atoms with Crippen LogP contribution in [0.1, 0.15) is 36.0 Å². The lowest BCUT2D eigenvalue weighted by Gasteiger charge is -2.12. The zero-order chi connectivity index (χ0) is 16.9. The SMILES string of the molecule is O=C(NC1CCCC1)c1cccc(Oc2ccc([N+](=O)[O-])cc2)c1. The number of nitrogens with one attached hydrogen (secondary N) is 1. The standard InChI is InChI=1S/C18H18N2O4/c21-18(19-14-5-1-2-6-14)13-4-3-7-17(12-13)24-16-10-8-15(9-11-16)20(22)23/h3-4,7-12,14H,1-2,5-6H2,(H,19,21). The number of hydrogen-bond acceptors (Lipinski definition) is 4. The highest BCUT2D eigenvalue weighted by Gasteiger charge is 2.18. The van der Waals surface area contributed by atoms with Gasteiger partial charge in [-0.1, -0.05) is 18.9 Å². The fourth-order valence-corrected chi connectivity index (χ4v) is 2.81. The van der Waals surface area contributed by atoms with Crippen LogP contribution >= 0.6 is 0 Å². The topological polar surface area (TPSA) is 81.5 Å². The van der Waals surface area contributed by atoms with Gasteiger partial charge in [-0.05, 0) is 43.2 Å². The van der Waals surface area contributed by atoms with E-state index in [0.717, 1.165) is 25.7 Å². The van der Waals surface area contributed by atoms with E-state index in [-0.39, 0.29) is 17.6 Å². The molecule has 6 nitrogen and oxygen atoms in total. The Labute approximate surface area is 139 Å². The van der Waals surface area contributed by atoms with Crippen LogP contribution in [0.3, 0.4) is 0 Å². The predicted molar refractivity (Wildman–Crippen MR) is 89.3 cm³/mol. The van der Waals surface area contributed by atoms with Gasteiger partial charge in [-0.3, -0.25) is 14.9 Å². The van der Waals surface area contributed by atoms with Crippen LogP contribution in [0.5, 0.6) is 11.5 Å². The molecule has 0 bridgehead atoms. The first kappa shape index (κ1) is 16.0. The molecule has 2 aromatic carbocycles. The molecule has 0 unspecified atom stereocenters. The predicted octanol–water partition coefficient (Wildman–Crippen LogP) is 4.06. The van der Waals surface area contributed by atoms with E-state index in [9.17, 15) is 14.9 Å². The third-order valence-electron chi connectivity index (χ3n) is 4.07. The fraction of sp³-hybridized carbons (Fsp3) is 0.278. The molecule has 0 atom stereocenters. The molecule has 0 aromatic heterocycles. The summed E-state index contributed by atoms with van der Waals surface area (Å²) in [4.78, 5) is 22.5. The van der Waals surface area contributed by atoms with Crippen LogP contribution < -0.4 is 10.1 Å². The molecule has 0 saturated heterocycles. The largest absolute Gasteiger partial charge is 0.457 e. The summed E-state index contributed by atoms with van der Waals surface area (Å²) < 4.78 is 5.67. The molecule has 0 aliphatic heterocycles. The summed E-state index contributed by atoms with van der Waals surface area (Å²) in [6.45, 7) is 0.